The van der Waals surface area contributed by atoms with Gasteiger partial charge in [-0.2, -0.15) is 0 Å². The first-order valence-electron chi connectivity index (χ1n) is 4.78. The summed E-state index contributed by atoms with van der Waals surface area (Å²) in [5.41, 5.74) is 0.362. The molecule has 0 fully saturated rings. The largest absolute Gasteiger partial charge is 0.394 e. The maximum Gasteiger partial charge on any atom is 0.292 e. The number of aliphatic hydroxyl groups excluding tert-OH is 1. The van der Waals surface area contributed by atoms with E-state index in [0.29, 0.717) is 5.69 Å². The number of aliphatic hydroxyl groups is 1. The van der Waals surface area contributed by atoms with Crippen molar-refractivity contribution in [2.24, 2.45) is 0 Å². The van der Waals surface area contributed by atoms with E-state index < -0.39 is 4.92 Å². The summed E-state index contributed by atoms with van der Waals surface area (Å²) in [7, 11) is 1.50. The van der Waals surface area contributed by atoms with Crippen molar-refractivity contribution < 1.29 is 14.8 Å². The van der Waals surface area contributed by atoms with Crippen LogP contribution in [0.4, 0.5) is 11.4 Å². The summed E-state index contributed by atoms with van der Waals surface area (Å²) in [6.45, 7) is 0.127. The van der Waals surface area contributed by atoms with Crippen molar-refractivity contribution in [3.8, 4) is 0 Å². The second kappa shape index (κ2) is 6.04. The van der Waals surface area contributed by atoms with Crippen LogP contribution in [-0.4, -0.2) is 36.4 Å². The zero-order chi connectivity index (χ0) is 12.0. The molecule has 0 aliphatic heterocycles. The molecule has 0 aliphatic rings. The predicted molar refractivity (Wildman–Crippen MR) is 59.5 cm³/mol. The molecular weight excluding hydrogens is 212 g/mol. The molecule has 1 aromatic rings. The van der Waals surface area contributed by atoms with E-state index in [1.165, 1.54) is 13.2 Å². The summed E-state index contributed by atoms with van der Waals surface area (Å²) in [6, 6.07) is 5.93. The predicted octanol–water partition coefficient (Wildman–Crippen LogP) is 1.01. The van der Waals surface area contributed by atoms with Crippen molar-refractivity contribution in [1.82, 2.24) is 0 Å². The van der Waals surface area contributed by atoms with E-state index in [1.807, 2.05) is 0 Å². The van der Waals surface area contributed by atoms with Crippen LogP contribution in [0, 0.1) is 10.1 Å². The number of nitro groups is 1. The maximum absolute atomic E-state index is 10.7. The van der Waals surface area contributed by atoms with Gasteiger partial charge in [-0.3, -0.25) is 10.1 Å². The molecule has 0 spiro atoms. The van der Waals surface area contributed by atoms with Crippen molar-refractivity contribution >= 4 is 11.4 Å². The van der Waals surface area contributed by atoms with Gasteiger partial charge in [0.05, 0.1) is 24.2 Å². The molecule has 0 radical (unpaired) electrons. The Balaban J connectivity index is 2.82. The van der Waals surface area contributed by atoms with Crippen molar-refractivity contribution in [2.75, 3.05) is 25.6 Å². The van der Waals surface area contributed by atoms with Crippen LogP contribution in [0.5, 0.6) is 0 Å². The van der Waals surface area contributed by atoms with Gasteiger partial charge < -0.3 is 15.2 Å². The average molecular weight is 226 g/mol. The number of ether oxygens (including phenoxy) is 1. The van der Waals surface area contributed by atoms with Crippen LogP contribution < -0.4 is 5.32 Å². The summed E-state index contributed by atoms with van der Waals surface area (Å²) in [4.78, 5) is 10.3. The Labute approximate surface area is 93.0 Å². The Morgan fingerprint density at radius 2 is 2.25 bits per heavy atom. The molecule has 1 unspecified atom stereocenters. The third-order valence-corrected chi connectivity index (χ3v) is 2.05. The van der Waals surface area contributed by atoms with Gasteiger partial charge in [0, 0.05) is 13.2 Å². The molecule has 1 atom stereocenters. The fourth-order valence-corrected chi connectivity index (χ4v) is 1.32. The van der Waals surface area contributed by atoms with Crippen LogP contribution in [0.2, 0.25) is 0 Å². The van der Waals surface area contributed by atoms with E-state index in [2.05, 4.69) is 5.32 Å². The van der Waals surface area contributed by atoms with Gasteiger partial charge in [-0.15, -0.1) is 0 Å². The molecule has 16 heavy (non-hydrogen) atoms. The van der Waals surface area contributed by atoms with E-state index >= 15 is 0 Å². The molecule has 2 N–H and O–H groups in total. The Kier molecular flexibility index (Phi) is 4.68. The lowest BCUT2D eigenvalue weighted by Crippen LogP contribution is -2.29. The van der Waals surface area contributed by atoms with Crippen molar-refractivity contribution in [1.29, 1.82) is 0 Å². The molecular formula is C10H14N2O4. The third-order valence-electron chi connectivity index (χ3n) is 2.05. The Morgan fingerprint density at radius 1 is 1.56 bits per heavy atom. The van der Waals surface area contributed by atoms with E-state index in [9.17, 15) is 10.1 Å². The van der Waals surface area contributed by atoms with Crippen molar-refractivity contribution in [3.63, 3.8) is 0 Å². The highest BCUT2D eigenvalue weighted by Crippen LogP contribution is 2.23. The minimum Gasteiger partial charge on any atom is -0.394 e. The first kappa shape index (κ1) is 12.4. The Bertz CT molecular complexity index is 356. The molecule has 0 bridgehead atoms. The first-order chi connectivity index (χ1) is 7.69. The first-order valence-corrected chi connectivity index (χ1v) is 4.78. The number of rotatable bonds is 6. The van der Waals surface area contributed by atoms with Gasteiger partial charge in [0.2, 0.25) is 0 Å². The number of para-hydroxylation sites is 2. The van der Waals surface area contributed by atoms with Gasteiger partial charge in [-0.25, -0.2) is 0 Å². The molecule has 0 heterocycles. The smallest absolute Gasteiger partial charge is 0.292 e. The van der Waals surface area contributed by atoms with E-state index in [-0.39, 0.29) is 24.9 Å². The molecule has 6 heteroatoms. The van der Waals surface area contributed by atoms with Gasteiger partial charge >= 0.3 is 0 Å². The molecule has 0 aromatic heterocycles. The molecule has 1 rings (SSSR count). The summed E-state index contributed by atoms with van der Waals surface area (Å²) in [5.74, 6) is 0. The van der Waals surface area contributed by atoms with Crippen molar-refractivity contribution in [3.05, 3.63) is 34.4 Å². The number of methoxy groups -OCH3 is 1. The minimum absolute atomic E-state index is 0.0166. The molecule has 6 nitrogen and oxygen atoms in total. The van der Waals surface area contributed by atoms with Crippen LogP contribution >= 0.6 is 0 Å². The third kappa shape index (κ3) is 3.18. The quantitative estimate of drug-likeness (QED) is 0.558. The Hall–Kier alpha value is -1.66. The summed E-state index contributed by atoms with van der Waals surface area (Å²) < 4.78 is 4.88. The number of nitro benzene ring substituents is 1. The Morgan fingerprint density at radius 3 is 2.81 bits per heavy atom. The molecule has 1 aromatic carbocycles. The lowest BCUT2D eigenvalue weighted by atomic mass is 10.2. The number of nitrogens with zero attached hydrogens (tertiary/aromatic N) is 1. The summed E-state index contributed by atoms with van der Waals surface area (Å²) >= 11 is 0. The van der Waals surface area contributed by atoms with E-state index in [4.69, 9.17) is 9.84 Å². The van der Waals surface area contributed by atoms with Gasteiger partial charge in [0.1, 0.15) is 5.69 Å². The highest BCUT2D eigenvalue weighted by atomic mass is 16.6. The summed E-state index contributed by atoms with van der Waals surface area (Å²) in [5, 5.41) is 22.6. The van der Waals surface area contributed by atoms with Crippen LogP contribution in [0.1, 0.15) is 0 Å². The van der Waals surface area contributed by atoms with Crippen LogP contribution in [0.3, 0.4) is 0 Å². The van der Waals surface area contributed by atoms with E-state index in [1.54, 1.807) is 18.2 Å². The molecule has 0 saturated heterocycles. The molecule has 0 saturated carbocycles. The maximum atomic E-state index is 10.7. The second-order valence-electron chi connectivity index (χ2n) is 3.25. The average Bonchev–Trinajstić information content (AvgIpc) is 2.29. The number of benzene rings is 1. The molecule has 88 valence electrons. The van der Waals surface area contributed by atoms with Gasteiger partial charge in [0.25, 0.3) is 5.69 Å². The number of hydrogen-bond acceptors (Lipinski definition) is 5. The molecule has 0 aliphatic carbocycles. The monoisotopic (exact) mass is 226 g/mol. The van der Waals surface area contributed by atoms with Crippen LogP contribution in [0.15, 0.2) is 24.3 Å². The lowest BCUT2D eigenvalue weighted by molar-refractivity contribution is -0.384. The fourth-order valence-electron chi connectivity index (χ4n) is 1.32. The van der Waals surface area contributed by atoms with E-state index in [0.717, 1.165) is 0 Å². The lowest BCUT2D eigenvalue weighted by Gasteiger charge is -2.16. The molecule has 0 amide bonds. The SMILES string of the molecule is COCC(CO)Nc1ccccc1[N+](=O)[O-]. The highest BCUT2D eigenvalue weighted by molar-refractivity contribution is 5.61. The summed E-state index contributed by atoms with van der Waals surface area (Å²) in [6.07, 6.45) is 0. The zero-order valence-electron chi connectivity index (χ0n) is 8.92. The minimum atomic E-state index is -0.469. The fraction of sp³-hybridized carbons (Fsp3) is 0.400. The van der Waals surface area contributed by atoms with Gasteiger partial charge in [-0.1, -0.05) is 12.1 Å². The number of anilines is 1. The zero-order valence-corrected chi connectivity index (χ0v) is 8.92. The van der Waals surface area contributed by atoms with Crippen LogP contribution in [0.25, 0.3) is 0 Å². The highest BCUT2D eigenvalue weighted by Gasteiger charge is 2.15. The van der Waals surface area contributed by atoms with Crippen LogP contribution in [-0.2, 0) is 4.74 Å². The number of nitrogens with one attached hydrogen (secondary N) is 1. The van der Waals surface area contributed by atoms with Crippen molar-refractivity contribution in [2.45, 2.75) is 6.04 Å². The topological polar surface area (TPSA) is 84.6 Å². The normalized spacial score (nSPS) is 12.1. The second-order valence-corrected chi connectivity index (χ2v) is 3.25. The standard InChI is InChI=1S/C10H14N2O4/c1-16-7-8(6-13)11-9-4-2-3-5-10(9)12(14)15/h2-5,8,11,13H,6-7H2,1H3. The van der Waals surface area contributed by atoms with Gasteiger partial charge in [-0.05, 0) is 6.07 Å². The number of hydrogen-bond donors (Lipinski definition) is 2. The van der Waals surface area contributed by atoms with Gasteiger partial charge in [0.15, 0.2) is 0 Å².